The normalized spacial score (nSPS) is 10.3. The second-order valence-electron chi connectivity index (χ2n) is 6.15. The third-order valence-electron chi connectivity index (χ3n) is 3.87. The highest BCUT2D eigenvalue weighted by atomic mass is 79.9. The number of carbonyl (C=O) groups excluding carboxylic acids is 3. The molecule has 0 spiro atoms. The number of esters is 1. The van der Waals surface area contributed by atoms with Crippen LogP contribution < -0.4 is 10.6 Å². The summed E-state index contributed by atoms with van der Waals surface area (Å²) in [6, 6.07) is 10.2. The molecule has 0 fully saturated rings. The van der Waals surface area contributed by atoms with E-state index in [0.29, 0.717) is 33.4 Å². The second kappa shape index (κ2) is 11.2. The van der Waals surface area contributed by atoms with Crippen molar-refractivity contribution in [2.45, 2.75) is 26.2 Å². The highest BCUT2D eigenvalue weighted by Crippen LogP contribution is 2.30. The Bertz CT molecular complexity index is 921. The largest absolute Gasteiger partial charge is 0.456 e. The SMILES string of the molecule is Cc1c(NC(=O)COC(=O)CCCC(=O)Nc2cccc(Cl)c2)ccc(Br)c1Cl. The van der Waals surface area contributed by atoms with E-state index in [9.17, 15) is 14.4 Å². The monoisotopic (exact) mass is 500 g/mol. The molecule has 2 N–H and O–H groups in total. The summed E-state index contributed by atoms with van der Waals surface area (Å²) in [6.07, 6.45) is 0.470. The first kappa shape index (κ1) is 23.2. The standard InChI is InChI=1S/C20H19BrCl2N2O4/c1-12-16(9-8-15(21)20(12)23)25-18(27)11-29-19(28)7-3-6-17(26)24-14-5-2-4-13(22)10-14/h2,4-5,8-10H,3,6-7,11H2,1H3,(H,24,26)(H,25,27). The van der Waals surface area contributed by atoms with Gasteiger partial charge in [0, 0.05) is 33.7 Å². The van der Waals surface area contributed by atoms with Crippen LogP contribution in [0, 0.1) is 6.92 Å². The molecule has 2 amide bonds. The molecule has 0 unspecified atom stereocenters. The molecule has 0 bridgehead atoms. The molecule has 29 heavy (non-hydrogen) atoms. The molecule has 0 aromatic heterocycles. The molecule has 0 aliphatic carbocycles. The quantitative estimate of drug-likeness (QED) is 0.477. The Labute approximate surface area is 187 Å². The summed E-state index contributed by atoms with van der Waals surface area (Å²) in [4.78, 5) is 35.6. The summed E-state index contributed by atoms with van der Waals surface area (Å²) in [5.74, 6) is -1.26. The average molecular weight is 502 g/mol. The van der Waals surface area contributed by atoms with Gasteiger partial charge in [-0.15, -0.1) is 0 Å². The second-order valence-corrected chi connectivity index (χ2v) is 7.82. The first-order valence-electron chi connectivity index (χ1n) is 8.71. The number of nitrogens with one attached hydrogen (secondary N) is 2. The highest BCUT2D eigenvalue weighted by Gasteiger charge is 2.12. The number of halogens is 3. The Kier molecular flexibility index (Phi) is 8.95. The van der Waals surface area contributed by atoms with E-state index in [1.165, 1.54) is 0 Å². The Morgan fingerprint density at radius 3 is 2.52 bits per heavy atom. The molecule has 0 atom stereocenters. The molecule has 9 heteroatoms. The molecule has 0 radical (unpaired) electrons. The minimum absolute atomic E-state index is 0.0272. The van der Waals surface area contributed by atoms with Crippen molar-refractivity contribution in [3.8, 4) is 0 Å². The van der Waals surface area contributed by atoms with E-state index >= 15 is 0 Å². The van der Waals surface area contributed by atoms with Crippen LogP contribution in [0.3, 0.4) is 0 Å². The summed E-state index contributed by atoms with van der Waals surface area (Å²) in [6.45, 7) is 1.35. The van der Waals surface area contributed by atoms with Crippen molar-refractivity contribution >= 4 is 68.3 Å². The lowest BCUT2D eigenvalue weighted by molar-refractivity contribution is -0.147. The van der Waals surface area contributed by atoms with Gasteiger partial charge in [0.05, 0.1) is 5.02 Å². The highest BCUT2D eigenvalue weighted by molar-refractivity contribution is 9.10. The fourth-order valence-electron chi connectivity index (χ4n) is 2.37. The smallest absolute Gasteiger partial charge is 0.306 e. The average Bonchev–Trinajstić information content (AvgIpc) is 2.67. The summed E-state index contributed by atoms with van der Waals surface area (Å²) in [5.41, 5.74) is 1.83. The fourth-order valence-corrected chi connectivity index (χ4v) is 3.16. The van der Waals surface area contributed by atoms with Gasteiger partial charge in [0.1, 0.15) is 0 Å². The van der Waals surface area contributed by atoms with Crippen LogP contribution in [-0.2, 0) is 19.1 Å². The molecule has 0 saturated carbocycles. The van der Waals surface area contributed by atoms with Crippen molar-refractivity contribution in [2.75, 3.05) is 17.2 Å². The van der Waals surface area contributed by atoms with Crippen LogP contribution in [0.25, 0.3) is 0 Å². The van der Waals surface area contributed by atoms with Crippen molar-refractivity contribution in [2.24, 2.45) is 0 Å². The lowest BCUT2D eigenvalue weighted by atomic mass is 10.2. The minimum Gasteiger partial charge on any atom is -0.456 e. The van der Waals surface area contributed by atoms with Crippen molar-refractivity contribution in [3.05, 3.63) is 56.5 Å². The molecule has 2 rings (SSSR count). The third-order valence-corrected chi connectivity index (χ3v) is 5.48. The maximum atomic E-state index is 12.0. The predicted octanol–water partition coefficient (Wildman–Crippen LogP) is 5.36. The maximum Gasteiger partial charge on any atom is 0.306 e. The summed E-state index contributed by atoms with van der Waals surface area (Å²) in [7, 11) is 0. The molecular formula is C20H19BrCl2N2O4. The van der Waals surface area contributed by atoms with Crippen molar-refractivity contribution in [1.29, 1.82) is 0 Å². The Morgan fingerprint density at radius 1 is 1.03 bits per heavy atom. The number of benzene rings is 2. The van der Waals surface area contributed by atoms with Crippen LogP contribution >= 0.6 is 39.1 Å². The first-order valence-corrected chi connectivity index (χ1v) is 10.3. The van der Waals surface area contributed by atoms with Crippen molar-refractivity contribution < 1.29 is 19.1 Å². The van der Waals surface area contributed by atoms with Gasteiger partial charge < -0.3 is 15.4 Å². The molecule has 0 heterocycles. The molecule has 154 valence electrons. The zero-order chi connectivity index (χ0) is 21.4. The molecular weight excluding hydrogens is 483 g/mol. The van der Waals surface area contributed by atoms with Crippen LogP contribution in [0.5, 0.6) is 0 Å². The van der Waals surface area contributed by atoms with E-state index in [2.05, 4.69) is 26.6 Å². The number of hydrogen-bond acceptors (Lipinski definition) is 4. The lowest BCUT2D eigenvalue weighted by Gasteiger charge is -2.11. The van der Waals surface area contributed by atoms with E-state index in [0.717, 1.165) is 4.47 Å². The van der Waals surface area contributed by atoms with Crippen LogP contribution in [0.1, 0.15) is 24.8 Å². The predicted molar refractivity (Wildman–Crippen MR) is 117 cm³/mol. The van der Waals surface area contributed by atoms with E-state index in [-0.39, 0.29) is 18.7 Å². The number of carbonyl (C=O) groups is 3. The third kappa shape index (κ3) is 7.68. The summed E-state index contributed by atoms with van der Waals surface area (Å²) in [5, 5.41) is 6.35. The molecule has 0 aliphatic heterocycles. The van der Waals surface area contributed by atoms with Gasteiger partial charge in [0.15, 0.2) is 6.61 Å². The van der Waals surface area contributed by atoms with Gasteiger partial charge in [-0.1, -0.05) is 29.3 Å². The number of hydrogen-bond donors (Lipinski definition) is 2. The van der Waals surface area contributed by atoms with Gasteiger partial charge in [-0.2, -0.15) is 0 Å². The lowest BCUT2D eigenvalue weighted by Crippen LogP contribution is -2.21. The van der Waals surface area contributed by atoms with Gasteiger partial charge in [0.2, 0.25) is 5.91 Å². The Morgan fingerprint density at radius 2 is 1.79 bits per heavy atom. The van der Waals surface area contributed by atoms with Gasteiger partial charge in [-0.3, -0.25) is 14.4 Å². The first-order chi connectivity index (χ1) is 13.8. The topological polar surface area (TPSA) is 84.5 Å². The number of ether oxygens (including phenoxy) is 1. The van der Waals surface area contributed by atoms with Gasteiger partial charge in [0.25, 0.3) is 5.91 Å². The summed E-state index contributed by atoms with van der Waals surface area (Å²) < 4.78 is 5.67. The fraction of sp³-hybridized carbons (Fsp3) is 0.250. The molecule has 2 aromatic rings. The van der Waals surface area contributed by atoms with E-state index in [4.69, 9.17) is 27.9 Å². The number of anilines is 2. The van der Waals surface area contributed by atoms with E-state index in [1.54, 1.807) is 43.3 Å². The number of rotatable bonds is 8. The number of amides is 2. The van der Waals surface area contributed by atoms with Crippen molar-refractivity contribution in [1.82, 2.24) is 0 Å². The molecule has 0 saturated heterocycles. The van der Waals surface area contributed by atoms with Crippen LogP contribution in [0.2, 0.25) is 10.0 Å². The van der Waals surface area contributed by atoms with Crippen LogP contribution in [0.4, 0.5) is 11.4 Å². The Balaban J connectivity index is 1.68. The molecule has 2 aromatic carbocycles. The van der Waals surface area contributed by atoms with E-state index in [1.807, 2.05) is 0 Å². The summed E-state index contributed by atoms with van der Waals surface area (Å²) >= 11 is 15.3. The minimum atomic E-state index is -0.554. The molecule has 6 nitrogen and oxygen atoms in total. The zero-order valence-electron chi connectivity index (χ0n) is 15.6. The van der Waals surface area contributed by atoms with Crippen LogP contribution in [0.15, 0.2) is 40.9 Å². The van der Waals surface area contributed by atoms with Crippen LogP contribution in [-0.4, -0.2) is 24.4 Å². The maximum absolute atomic E-state index is 12.0. The van der Waals surface area contributed by atoms with Gasteiger partial charge in [-0.05, 0) is 65.2 Å². The van der Waals surface area contributed by atoms with E-state index < -0.39 is 18.5 Å². The van der Waals surface area contributed by atoms with Gasteiger partial charge >= 0.3 is 5.97 Å². The van der Waals surface area contributed by atoms with Crippen molar-refractivity contribution in [3.63, 3.8) is 0 Å². The molecule has 0 aliphatic rings. The zero-order valence-corrected chi connectivity index (χ0v) is 18.7. The van der Waals surface area contributed by atoms with Gasteiger partial charge in [-0.25, -0.2) is 0 Å². The Hall–Kier alpha value is -2.09.